The second-order valence-electron chi connectivity index (χ2n) is 6.53. The van der Waals surface area contributed by atoms with Gasteiger partial charge in [0.1, 0.15) is 6.33 Å². The number of carbonyl (C=O) groups is 1. The Hall–Kier alpha value is -3.80. The van der Waals surface area contributed by atoms with Gasteiger partial charge in [0.25, 0.3) is 5.91 Å². The molecule has 0 spiro atoms. The van der Waals surface area contributed by atoms with Gasteiger partial charge in [-0.1, -0.05) is 60.7 Å². The number of benzene rings is 3. The van der Waals surface area contributed by atoms with Gasteiger partial charge in [-0.15, -0.1) is 5.10 Å². The lowest BCUT2D eigenvalue weighted by Gasteiger charge is -2.18. The van der Waals surface area contributed by atoms with Crippen LogP contribution in [-0.4, -0.2) is 38.1 Å². The quantitative estimate of drug-likeness (QED) is 0.539. The van der Waals surface area contributed by atoms with Crippen molar-refractivity contribution in [1.82, 2.24) is 25.1 Å². The Labute approximate surface area is 163 Å². The summed E-state index contributed by atoms with van der Waals surface area (Å²) in [6, 6.07) is 25.8. The van der Waals surface area contributed by atoms with Gasteiger partial charge in [0.15, 0.2) is 0 Å². The molecule has 6 nitrogen and oxygen atoms in total. The van der Waals surface area contributed by atoms with Gasteiger partial charge in [-0.05, 0) is 45.3 Å². The number of hydrogen-bond donors (Lipinski definition) is 0. The van der Waals surface area contributed by atoms with Crippen LogP contribution in [-0.2, 0) is 6.54 Å². The molecule has 0 aliphatic rings. The molecule has 6 heteroatoms. The van der Waals surface area contributed by atoms with E-state index in [1.54, 1.807) is 24.1 Å². The number of tetrazole rings is 1. The zero-order valence-corrected chi connectivity index (χ0v) is 15.4. The number of carbonyl (C=O) groups excluding carboxylic acids is 1. The fourth-order valence-corrected chi connectivity index (χ4v) is 3.06. The molecule has 0 aliphatic heterocycles. The van der Waals surface area contributed by atoms with E-state index in [-0.39, 0.29) is 5.91 Å². The highest BCUT2D eigenvalue weighted by atomic mass is 16.2. The number of nitrogens with zero attached hydrogens (tertiary/aromatic N) is 5. The normalized spacial score (nSPS) is 10.6. The van der Waals surface area contributed by atoms with Crippen LogP contribution in [0.15, 0.2) is 85.2 Å². The molecule has 0 atom stereocenters. The minimum atomic E-state index is -0.0536. The van der Waals surface area contributed by atoms with Gasteiger partial charge in [0, 0.05) is 19.2 Å². The van der Waals surface area contributed by atoms with Gasteiger partial charge < -0.3 is 4.90 Å². The van der Waals surface area contributed by atoms with Crippen molar-refractivity contribution in [3.63, 3.8) is 0 Å². The number of hydrogen-bond acceptors (Lipinski definition) is 4. The number of rotatable bonds is 5. The van der Waals surface area contributed by atoms with Gasteiger partial charge in [-0.3, -0.25) is 4.79 Å². The highest BCUT2D eigenvalue weighted by Crippen LogP contribution is 2.20. The molecule has 1 heterocycles. The molecule has 4 rings (SSSR count). The molecule has 1 amide bonds. The Bertz CT molecular complexity index is 1060. The Balaban J connectivity index is 1.47. The average molecular weight is 369 g/mol. The molecule has 0 aliphatic carbocycles. The lowest BCUT2D eigenvalue weighted by Crippen LogP contribution is -2.26. The molecular formula is C22H19N5O. The first-order valence-electron chi connectivity index (χ1n) is 8.94. The molecule has 0 saturated heterocycles. The molecule has 138 valence electrons. The van der Waals surface area contributed by atoms with Crippen LogP contribution in [0.25, 0.3) is 16.8 Å². The smallest absolute Gasteiger partial charge is 0.253 e. The SMILES string of the molecule is CN(Cc1ccc(-c2ccccc2)cc1)C(=O)c1cccc(-n2cnnn2)c1. The highest BCUT2D eigenvalue weighted by molar-refractivity contribution is 5.94. The summed E-state index contributed by atoms with van der Waals surface area (Å²) in [6.07, 6.45) is 1.50. The first-order valence-corrected chi connectivity index (χ1v) is 8.94. The van der Waals surface area contributed by atoms with Crippen molar-refractivity contribution in [3.05, 3.63) is 96.3 Å². The summed E-state index contributed by atoms with van der Waals surface area (Å²) in [5.74, 6) is -0.0536. The summed E-state index contributed by atoms with van der Waals surface area (Å²) in [7, 11) is 1.80. The number of aromatic nitrogens is 4. The Morgan fingerprint density at radius 1 is 0.929 bits per heavy atom. The Morgan fingerprint density at radius 3 is 2.39 bits per heavy atom. The van der Waals surface area contributed by atoms with E-state index in [0.717, 1.165) is 16.8 Å². The van der Waals surface area contributed by atoms with Crippen molar-refractivity contribution in [2.24, 2.45) is 0 Å². The van der Waals surface area contributed by atoms with E-state index < -0.39 is 0 Å². The van der Waals surface area contributed by atoms with Gasteiger partial charge in [0.05, 0.1) is 5.69 Å². The van der Waals surface area contributed by atoms with Crippen LogP contribution in [0, 0.1) is 0 Å². The number of amides is 1. The highest BCUT2D eigenvalue weighted by Gasteiger charge is 2.13. The lowest BCUT2D eigenvalue weighted by molar-refractivity contribution is 0.0785. The van der Waals surface area contributed by atoms with Gasteiger partial charge in [-0.2, -0.15) is 0 Å². The van der Waals surface area contributed by atoms with Gasteiger partial charge >= 0.3 is 0 Å². The van der Waals surface area contributed by atoms with E-state index in [4.69, 9.17) is 0 Å². The monoisotopic (exact) mass is 369 g/mol. The van der Waals surface area contributed by atoms with Crippen molar-refractivity contribution < 1.29 is 4.79 Å². The standard InChI is InChI=1S/C22H19N5O/c1-26(15-17-10-12-19(13-11-17)18-6-3-2-4-7-18)22(28)20-8-5-9-21(14-20)27-16-23-24-25-27/h2-14,16H,15H2,1H3. The molecule has 4 aromatic rings. The predicted octanol–water partition coefficient (Wildman–Crippen LogP) is 3.60. The first kappa shape index (κ1) is 17.6. The van der Waals surface area contributed by atoms with Crippen LogP contribution in [0.1, 0.15) is 15.9 Å². The second-order valence-corrected chi connectivity index (χ2v) is 6.53. The maximum absolute atomic E-state index is 12.8. The summed E-state index contributed by atoms with van der Waals surface area (Å²) in [5, 5.41) is 11.1. The molecule has 0 unspecified atom stereocenters. The summed E-state index contributed by atoms with van der Waals surface area (Å²) in [6.45, 7) is 0.531. The van der Waals surface area contributed by atoms with E-state index in [1.807, 2.05) is 30.3 Å². The van der Waals surface area contributed by atoms with Crippen molar-refractivity contribution in [1.29, 1.82) is 0 Å². The minimum absolute atomic E-state index is 0.0536. The summed E-state index contributed by atoms with van der Waals surface area (Å²) < 4.78 is 1.53. The molecule has 0 bridgehead atoms. The molecule has 1 aromatic heterocycles. The second kappa shape index (κ2) is 7.84. The Kier molecular flexibility index (Phi) is 4.93. The van der Waals surface area contributed by atoms with Crippen LogP contribution in [0.5, 0.6) is 0 Å². The zero-order chi connectivity index (χ0) is 19.3. The molecule has 0 N–H and O–H groups in total. The predicted molar refractivity (Wildman–Crippen MR) is 107 cm³/mol. The largest absolute Gasteiger partial charge is 0.337 e. The minimum Gasteiger partial charge on any atom is -0.337 e. The molecule has 0 radical (unpaired) electrons. The topological polar surface area (TPSA) is 63.9 Å². The van der Waals surface area contributed by atoms with Crippen molar-refractivity contribution in [2.45, 2.75) is 6.54 Å². The van der Waals surface area contributed by atoms with Crippen LogP contribution < -0.4 is 0 Å². The van der Waals surface area contributed by atoms with E-state index in [0.29, 0.717) is 12.1 Å². The summed E-state index contributed by atoms with van der Waals surface area (Å²) in [4.78, 5) is 14.5. The third-order valence-electron chi connectivity index (χ3n) is 4.53. The fourth-order valence-electron chi connectivity index (χ4n) is 3.06. The Morgan fingerprint density at radius 2 is 1.68 bits per heavy atom. The van der Waals surface area contributed by atoms with Crippen molar-refractivity contribution in [2.75, 3.05) is 7.05 Å². The van der Waals surface area contributed by atoms with Crippen molar-refractivity contribution >= 4 is 5.91 Å². The molecule has 0 fully saturated rings. The first-order chi connectivity index (χ1) is 13.7. The maximum Gasteiger partial charge on any atom is 0.253 e. The van der Waals surface area contributed by atoms with Crippen LogP contribution in [0.4, 0.5) is 0 Å². The van der Waals surface area contributed by atoms with Crippen LogP contribution in [0.2, 0.25) is 0 Å². The lowest BCUT2D eigenvalue weighted by atomic mass is 10.0. The van der Waals surface area contributed by atoms with Crippen LogP contribution >= 0.6 is 0 Å². The molecule has 0 saturated carbocycles. The third kappa shape index (κ3) is 3.81. The van der Waals surface area contributed by atoms with Gasteiger partial charge in [-0.25, -0.2) is 4.68 Å². The van der Waals surface area contributed by atoms with Gasteiger partial charge in [0.2, 0.25) is 0 Å². The zero-order valence-electron chi connectivity index (χ0n) is 15.4. The van der Waals surface area contributed by atoms with E-state index in [1.165, 1.54) is 16.6 Å². The molecule has 28 heavy (non-hydrogen) atoms. The van der Waals surface area contributed by atoms with E-state index in [9.17, 15) is 4.79 Å². The van der Waals surface area contributed by atoms with Crippen LogP contribution in [0.3, 0.4) is 0 Å². The fraction of sp³-hybridized carbons (Fsp3) is 0.0909. The average Bonchev–Trinajstić information content (AvgIpc) is 3.29. The summed E-state index contributed by atoms with van der Waals surface area (Å²) >= 11 is 0. The summed E-state index contributed by atoms with van der Waals surface area (Å²) in [5.41, 5.74) is 4.76. The van der Waals surface area contributed by atoms with E-state index in [2.05, 4.69) is 51.9 Å². The van der Waals surface area contributed by atoms with E-state index >= 15 is 0 Å². The third-order valence-corrected chi connectivity index (χ3v) is 4.53. The maximum atomic E-state index is 12.8. The molecular weight excluding hydrogens is 350 g/mol. The van der Waals surface area contributed by atoms with Crippen molar-refractivity contribution in [3.8, 4) is 16.8 Å². The molecule has 3 aromatic carbocycles.